The fraction of sp³-hybridized carbons (Fsp3) is 0.346. The molecule has 0 spiro atoms. The van der Waals surface area contributed by atoms with Crippen molar-refractivity contribution in [2.75, 3.05) is 0 Å². The van der Waals surface area contributed by atoms with Crippen molar-refractivity contribution >= 4 is 29.1 Å². The van der Waals surface area contributed by atoms with Crippen molar-refractivity contribution < 1.29 is 38.2 Å². The second kappa shape index (κ2) is 11.5. The summed E-state index contributed by atoms with van der Waals surface area (Å²) in [5.74, 6) is -0.599. The lowest BCUT2D eigenvalue weighted by atomic mass is 9.87. The molecule has 0 unspecified atom stereocenters. The van der Waals surface area contributed by atoms with E-state index in [0.29, 0.717) is 46.0 Å². The van der Waals surface area contributed by atoms with E-state index in [4.69, 9.17) is 14.2 Å². The Morgan fingerprint density at radius 1 is 1.18 bits per heavy atom. The molecule has 0 radical (unpaired) electrons. The second-order valence-corrected chi connectivity index (χ2v) is 9.98. The first kappa shape index (κ1) is 27.0. The van der Waals surface area contributed by atoms with Crippen LogP contribution in [0, 0.1) is 35.0 Å². The average molecular weight is 545 g/mol. The maximum Gasteiger partial charge on any atom is 0.514 e. The highest BCUT2D eigenvalue weighted by Gasteiger charge is 2.28. The molecule has 12 heteroatoms. The molecule has 0 bridgehead atoms. The summed E-state index contributed by atoms with van der Waals surface area (Å²) in [7, 11) is 0. The first-order valence-corrected chi connectivity index (χ1v) is 12.7. The van der Waals surface area contributed by atoms with E-state index in [2.05, 4.69) is 4.98 Å². The minimum atomic E-state index is -1.04. The Labute approximate surface area is 221 Å². The van der Waals surface area contributed by atoms with E-state index in [1.807, 2.05) is 0 Å². The molecule has 2 aromatic heterocycles. The molecule has 2 atom stereocenters. The average Bonchev–Trinajstić information content (AvgIpc) is 3.25. The van der Waals surface area contributed by atoms with Gasteiger partial charge in [-0.1, -0.05) is 0 Å². The number of aliphatic carboxylic acids is 1. The minimum Gasteiger partial charge on any atom is -0.489 e. The van der Waals surface area contributed by atoms with Crippen molar-refractivity contribution in [3.05, 3.63) is 68.5 Å². The summed E-state index contributed by atoms with van der Waals surface area (Å²) in [5, 5.41) is 19.7. The van der Waals surface area contributed by atoms with E-state index in [9.17, 15) is 29.2 Å². The van der Waals surface area contributed by atoms with Crippen LogP contribution in [0.2, 0.25) is 0 Å². The van der Waals surface area contributed by atoms with E-state index < -0.39 is 28.1 Å². The third-order valence-electron chi connectivity index (χ3n) is 6.23. The quantitative estimate of drug-likeness (QED) is 0.152. The summed E-state index contributed by atoms with van der Waals surface area (Å²) >= 11 is 0.852. The Kier molecular flexibility index (Phi) is 8.20. The van der Waals surface area contributed by atoms with Crippen molar-refractivity contribution in [3.8, 4) is 22.1 Å². The molecule has 1 aliphatic rings. The number of carbonyl (C=O) groups excluding carboxylic acids is 1. The number of nitro groups is 1. The predicted molar refractivity (Wildman–Crippen MR) is 135 cm³/mol. The second-order valence-electron chi connectivity index (χ2n) is 8.97. The van der Waals surface area contributed by atoms with Crippen LogP contribution in [-0.2, 0) is 16.1 Å². The Hall–Kier alpha value is -4.06. The number of carboxylic acids is 1. The van der Waals surface area contributed by atoms with Crippen LogP contribution in [0.4, 0.5) is 14.9 Å². The number of non-ortho nitro benzene ring substituents is 1. The monoisotopic (exact) mass is 544 g/mol. The van der Waals surface area contributed by atoms with Gasteiger partial charge in [-0.2, -0.15) is 4.39 Å². The predicted octanol–water partition coefficient (Wildman–Crippen LogP) is 6.21. The normalized spacial score (nSPS) is 17.0. The van der Waals surface area contributed by atoms with E-state index >= 15 is 0 Å². The number of rotatable bonds is 8. The summed E-state index contributed by atoms with van der Waals surface area (Å²) in [6, 6.07) is 8.43. The van der Waals surface area contributed by atoms with Gasteiger partial charge in [-0.15, -0.1) is 11.3 Å². The fourth-order valence-corrected chi connectivity index (χ4v) is 5.16. The third kappa shape index (κ3) is 6.43. The zero-order valence-corrected chi connectivity index (χ0v) is 21.5. The maximum atomic E-state index is 14.2. The summed E-state index contributed by atoms with van der Waals surface area (Å²) in [5.41, 5.74) is 1.67. The number of aryl methyl sites for hydroxylation is 2. The number of aromatic nitrogens is 1. The molecule has 38 heavy (non-hydrogen) atoms. The van der Waals surface area contributed by atoms with Crippen molar-refractivity contribution in [1.82, 2.24) is 4.98 Å². The van der Waals surface area contributed by atoms with Gasteiger partial charge in [0.05, 0.1) is 33.2 Å². The molecule has 10 nitrogen and oxygen atoms in total. The molecular weight excluding hydrogens is 519 g/mol. The molecule has 1 aromatic carbocycles. The fourth-order valence-electron chi connectivity index (χ4n) is 4.29. The molecule has 0 amide bonds. The van der Waals surface area contributed by atoms with E-state index in [1.54, 1.807) is 26.0 Å². The number of hydrogen-bond donors (Lipinski definition) is 1. The number of hydrogen-bond acceptors (Lipinski definition) is 9. The Morgan fingerprint density at radius 2 is 1.95 bits per heavy atom. The van der Waals surface area contributed by atoms with E-state index in [1.165, 1.54) is 24.3 Å². The first-order valence-electron chi connectivity index (χ1n) is 11.9. The summed E-state index contributed by atoms with van der Waals surface area (Å²) in [4.78, 5) is 38.9. The Balaban J connectivity index is 1.42. The van der Waals surface area contributed by atoms with Gasteiger partial charge in [-0.05, 0) is 69.4 Å². The molecule has 1 saturated carbocycles. The molecule has 1 N–H and O–H groups in total. The Bertz CT molecular complexity index is 1380. The highest BCUT2D eigenvalue weighted by molar-refractivity contribution is 7.14. The topological polar surface area (TPSA) is 138 Å². The maximum absolute atomic E-state index is 14.2. The number of benzene rings is 1. The third-order valence-corrected chi connectivity index (χ3v) is 7.21. The van der Waals surface area contributed by atoms with Crippen LogP contribution in [0.1, 0.15) is 42.5 Å². The molecular formula is C26H25FN2O8S. The zero-order chi connectivity index (χ0) is 27.4. The van der Waals surface area contributed by atoms with Crippen LogP contribution in [-0.4, -0.2) is 33.2 Å². The summed E-state index contributed by atoms with van der Waals surface area (Å²) < 4.78 is 30.5. The number of pyridine rings is 1. The molecule has 2 heterocycles. The van der Waals surface area contributed by atoms with Crippen LogP contribution < -0.4 is 9.47 Å². The standard InChI is InChI=1S/C26H25FN2O8S/c1-14-10-18(29(33)34)6-8-21(14)37-26(32)35-13-17-12-23(27)38-24(17)20-7-9-22(15(2)28-20)36-19-5-3-4-16(11-19)25(30)31/h6-10,12,16,19H,3-5,11,13H2,1-2H3,(H,30,31)/t16-,19-/m0/s1. The number of carbonyl (C=O) groups is 2. The van der Waals surface area contributed by atoms with Gasteiger partial charge in [-0.3, -0.25) is 14.9 Å². The molecule has 1 fully saturated rings. The number of nitro benzene ring substituents is 1. The first-order chi connectivity index (χ1) is 18.1. The van der Waals surface area contributed by atoms with Gasteiger partial charge in [0.2, 0.25) is 0 Å². The number of carboxylic acid groups (broad SMARTS) is 1. The van der Waals surface area contributed by atoms with Crippen LogP contribution in [0.3, 0.4) is 0 Å². The molecule has 200 valence electrons. The minimum absolute atomic E-state index is 0.109. The molecule has 0 saturated heterocycles. The lowest BCUT2D eigenvalue weighted by molar-refractivity contribution is -0.384. The lowest BCUT2D eigenvalue weighted by Gasteiger charge is -2.27. The SMILES string of the molecule is Cc1cc([N+](=O)[O-])ccc1OC(=O)OCc1cc(F)sc1-c1ccc(O[C@H]2CCC[C@H](C(=O)O)C2)c(C)n1. The number of nitrogens with zero attached hydrogens (tertiary/aromatic N) is 2. The van der Waals surface area contributed by atoms with E-state index in [-0.39, 0.29) is 24.1 Å². The molecule has 1 aliphatic carbocycles. The smallest absolute Gasteiger partial charge is 0.489 e. The van der Waals surface area contributed by atoms with Crippen molar-refractivity contribution in [2.24, 2.45) is 5.92 Å². The summed E-state index contributed by atoms with van der Waals surface area (Å²) in [6.07, 6.45) is 1.35. The van der Waals surface area contributed by atoms with E-state index in [0.717, 1.165) is 24.2 Å². The van der Waals surface area contributed by atoms with Gasteiger partial charge < -0.3 is 19.3 Å². The van der Waals surface area contributed by atoms with Crippen LogP contribution in [0.15, 0.2) is 36.4 Å². The zero-order valence-electron chi connectivity index (χ0n) is 20.6. The van der Waals surface area contributed by atoms with Gasteiger partial charge >= 0.3 is 12.1 Å². The van der Waals surface area contributed by atoms with Crippen molar-refractivity contribution in [1.29, 1.82) is 0 Å². The van der Waals surface area contributed by atoms with Gasteiger partial charge in [0, 0.05) is 17.7 Å². The molecule has 3 aromatic rings. The van der Waals surface area contributed by atoms with Crippen LogP contribution in [0.5, 0.6) is 11.5 Å². The lowest BCUT2D eigenvalue weighted by Crippen LogP contribution is -2.29. The van der Waals surface area contributed by atoms with Crippen molar-refractivity contribution in [3.63, 3.8) is 0 Å². The highest BCUT2D eigenvalue weighted by atomic mass is 32.1. The summed E-state index contributed by atoms with van der Waals surface area (Å²) in [6.45, 7) is 3.03. The molecule has 4 rings (SSSR count). The van der Waals surface area contributed by atoms with Crippen LogP contribution in [0.25, 0.3) is 10.6 Å². The van der Waals surface area contributed by atoms with Crippen LogP contribution >= 0.6 is 11.3 Å². The number of thiophene rings is 1. The van der Waals surface area contributed by atoms with Gasteiger partial charge in [0.25, 0.3) is 5.69 Å². The highest BCUT2D eigenvalue weighted by Crippen LogP contribution is 2.35. The van der Waals surface area contributed by atoms with Gasteiger partial charge in [0.1, 0.15) is 18.1 Å². The Morgan fingerprint density at radius 3 is 2.63 bits per heavy atom. The largest absolute Gasteiger partial charge is 0.514 e. The van der Waals surface area contributed by atoms with Crippen molar-refractivity contribution in [2.45, 2.75) is 52.2 Å². The van der Waals surface area contributed by atoms with Gasteiger partial charge in [-0.25, -0.2) is 9.78 Å². The number of ether oxygens (including phenoxy) is 3. The van der Waals surface area contributed by atoms with Gasteiger partial charge in [0.15, 0.2) is 5.13 Å². The number of halogens is 1. The molecule has 0 aliphatic heterocycles.